The predicted octanol–water partition coefficient (Wildman–Crippen LogP) is 1.93. The van der Waals surface area contributed by atoms with Crippen molar-refractivity contribution in [2.45, 2.75) is 58.5 Å². The van der Waals surface area contributed by atoms with Crippen LogP contribution in [-0.2, 0) is 4.79 Å². The molecule has 0 bridgehead atoms. The minimum Gasteiger partial charge on any atom is -0.480 e. The molecule has 4 unspecified atom stereocenters. The largest absolute Gasteiger partial charge is 0.480 e. The molecule has 4 atom stereocenters. The normalized spacial score (nSPS) is 33.1. The van der Waals surface area contributed by atoms with Crippen LogP contribution in [0.5, 0.6) is 0 Å². The number of hydrogen-bond donors (Lipinski definition) is 2. The van der Waals surface area contributed by atoms with Crippen molar-refractivity contribution in [1.82, 2.24) is 4.90 Å². The molecule has 0 aliphatic carbocycles. The lowest BCUT2D eigenvalue weighted by molar-refractivity contribution is -0.143. The highest BCUT2D eigenvalue weighted by Crippen LogP contribution is 2.27. The van der Waals surface area contributed by atoms with Gasteiger partial charge in [0.2, 0.25) is 0 Å². The zero-order chi connectivity index (χ0) is 13.9. The summed E-state index contributed by atoms with van der Waals surface area (Å²) in [6.45, 7) is 10.5. The number of likely N-dealkylation sites (tertiary alicyclic amines) is 1. The van der Waals surface area contributed by atoms with Gasteiger partial charge < -0.3 is 15.7 Å². The molecule has 3 N–H and O–H groups in total. The van der Waals surface area contributed by atoms with Gasteiger partial charge in [0.05, 0.1) is 0 Å². The minimum absolute atomic E-state index is 0.536. The Balaban J connectivity index is 2.41. The Morgan fingerprint density at radius 1 is 1.44 bits per heavy atom. The van der Waals surface area contributed by atoms with Crippen molar-refractivity contribution in [3.05, 3.63) is 0 Å². The molecule has 1 rings (SSSR count). The summed E-state index contributed by atoms with van der Waals surface area (Å²) in [6, 6.07) is 0.593. The molecule has 1 fully saturated rings. The van der Waals surface area contributed by atoms with Crippen LogP contribution in [0.1, 0.15) is 47.0 Å². The quantitative estimate of drug-likeness (QED) is 0.789. The van der Waals surface area contributed by atoms with Gasteiger partial charge in [0, 0.05) is 12.6 Å². The lowest BCUT2D eigenvalue weighted by atomic mass is 9.85. The van der Waals surface area contributed by atoms with Gasteiger partial charge in [-0.1, -0.05) is 13.8 Å². The van der Waals surface area contributed by atoms with E-state index in [-0.39, 0.29) is 0 Å². The highest BCUT2D eigenvalue weighted by Gasteiger charge is 2.30. The van der Waals surface area contributed by atoms with Gasteiger partial charge in [-0.2, -0.15) is 0 Å². The molecule has 1 heterocycles. The molecule has 0 aromatic rings. The number of aliphatic carboxylic acids is 1. The molecular formula is C14H28N2O2. The van der Waals surface area contributed by atoms with Gasteiger partial charge in [-0.3, -0.25) is 4.79 Å². The van der Waals surface area contributed by atoms with Gasteiger partial charge in [-0.15, -0.1) is 0 Å². The number of carboxylic acids is 1. The van der Waals surface area contributed by atoms with Gasteiger partial charge in [0.25, 0.3) is 0 Å². The van der Waals surface area contributed by atoms with Crippen molar-refractivity contribution in [2.24, 2.45) is 17.6 Å². The Morgan fingerprint density at radius 3 is 2.61 bits per heavy atom. The van der Waals surface area contributed by atoms with E-state index in [9.17, 15) is 4.79 Å². The molecule has 0 radical (unpaired) electrons. The van der Waals surface area contributed by atoms with Crippen LogP contribution in [0.25, 0.3) is 0 Å². The van der Waals surface area contributed by atoms with E-state index in [1.54, 1.807) is 6.92 Å². The third-order valence-corrected chi connectivity index (χ3v) is 4.35. The maximum atomic E-state index is 10.9. The summed E-state index contributed by atoms with van der Waals surface area (Å²) in [6.07, 6.45) is 2.68. The van der Waals surface area contributed by atoms with Crippen molar-refractivity contribution < 1.29 is 9.90 Å². The molecule has 1 aliphatic heterocycles. The summed E-state index contributed by atoms with van der Waals surface area (Å²) < 4.78 is 0. The van der Waals surface area contributed by atoms with Crippen molar-refractivity contribution in [1.29, 1.82) is 0 Å². The highest BCUT2D eigenvalue weighted by molar-refractivity contribution is 5.77. The summed E-state index contributed by atoms with van der Waals surface area (Å²) in [4.78, 5) is 13.4. The smallest absolute Gasteiger partial charge is 0.323 e. The SMILES string of the molecule is CC1CC(C)C(C)N(CCCC(C)(N)C(=O)O)C1. The molecule has 1 saturated heterocycles. The van der Waals surface area contributed by atoms with Gasteiger partial charge in [0.1, 0.15) is 5.54 Å². The second-order valence-corrected chi connectivity index (χ2v) is 6.38. The number of carboxylic acid groups (broad SMARTS) is 1. The molecule has 18 heavy (non-hydrogen) atoms. The molecule has 0 spiro atoms. The lowest BCUT2D eigenvalue weighted by Gasteiger charge is -2.41. The Morgan fingerprint density at radius 2 is 2.06 bits per heavy atom. The van der Waals surface area contributed by atoms with Crippen molar-refractivity contribution in [3.63, 3.8) is 0 Å². The third-order valence-electron chi connectivity index (χ3n) is 4.35. The van der Waals surface area contributed by atoms with Crippen LogP contribution in [0.3, 0.4) is 0 Å². The van der Waals surface area contributed by atoms with Gasteiger partial charge in [-0.05, 0) is 51.5 Å². The van der Waals surface area contributed by atoms with Crippen LogP contribution in [0, 0.1) is 11.8 Å². The summed E-state index contributed by atoms with van der Waals surface area (Å²) in [5.74, 6) is 0.549. The van der Waals surface area contributed by atoms with Crippen LogP contribution >= 0.6 is 0 Å². The van der Waals surface area contributed by atoms with E-state index in [2.05, 4.69) is 25.7 Å². The Kier molecular flexibility index (Phi) is 5.17. The predicted molar refractivity (Wildman–Crippen MR) is 73.4 cm³/mol. The fourth-order valence-electron chi connectivity index (χ4n) is 2.88. The van der Waals surface area contributed by atoms with Crippen LogP contribution in [0.15, 0.2) is 0 Å². The molecule has 106 valence electrons. The number of carbonyl (C=O) groups is 1. The first-order valence-corrected chi connectivity index (χ1v) is 7.00. The average Bonchev–Trinajstić information content (AvgIpc) is 2.24. The highest BCUT2D eigenvalue weighted by atomic mass is 16.4. The van der Waals surface area contributed by atoms with E-state index >= 15 is 0 Å². The molecule has 0 amide bonds. The molecule has 0 aromatic carbocycles. The van der Waals surface area contributed by atoms with Crippen LogP contribution in [-0.4, -0.2) is 40.6 Å². The van der Waals surface area contributed by atoms with Crippen molar-refractivity contribution in [3.8, 4) is 0 Å². The first-order valence-electron chi connectivity index (χ1n) is 7.00. The monoisotopic (exact) mass is 256 g/mol. The number of hydrogen-bond acceptors (Lipinski definition) is 3. The second kappa shape index (κ2) is 6.02. The van der Waals surface area contributed by atoms with Gasteiger partial charge >= 0.3 is 5.97 Å². The second-order valence-electron chi connectivity index (χ2n) is 6.38. The lowest BCUT2D eigenvalue weighted by Crippen LogP contribution is -2.48. The Bertz CT molecular complexity index is 292. The fourth-order valence-corrected chi connectivity index (χ4v) is 2.88. The van der Waals surface area contributed by atoms with E-state index in [0.29, 0.717) is 12.5 Å². The third kappa shape index (κ3) is 3.95. The van der Waals surface area contributed by atoms with Gasteiger partial charge in [-0.25, -0.2) is 0 Å². The van der Waals surface area contributed by atoms with E-state index in [0.717, 1.165) is 31.3 Å². The summed E-state index contributed by atoms with van der Waals surface area (Å²) in [5.41, 5.74) is 4.66. The Labute approximate surface area is 111 Å². The molecule has 1 aliphatic rings. The summed E-state index contributed by atoms with van der Waals surface area (Å²) in [5, 5.41) is 8.98. The van der Waals surface area contributed by atoms with E-state index < -0.39 is 11.5 Å². The van der Waals surface area contributed by atoms with E-state index in [4.69, 9.17) is 10.8 Å². The average molecular weight is 256 g/mol. The zero-order valence-corrected chi connectivity index (χ0v) is 12.1. The fraction of sp³-hybridized carbons (Fsp3) is 0.929. The number of nitrogens with zero attached hydrogens (tertiary/aromatic N) is 1. The number of rotatable bonds is 5. The minimum atomic E-state index is -1.09. The molecule has 0 saturated carbocycles. The summed E-state index contributed by atoms with van der Waals surface area (Å²) >= 11 is 0. The number of nitrogens with two attached hydrogens (primary N) is 1. The topological polar surface area (TPSA) is 66.6 Å². The van der Waals surface area contributed by atoms with Crippen molar-refractivity contribution >= 4 is 5.97 Å². The first-order chi connectivity index (χ1) is 8.24. The van der Waals surface area contributed by atoms with E-state index in [1.807, 2.05) is 0 Å². The van der Waals surface area contributed by atoms with Crippen LogP contribution < -0.4 is 5.73 Å². The molecule has 4 heteroatoms. The molecule has 0 aromatic heterocycles. The van der Waals surface area contributed by atoms with Crippen LogP contribution in [0.4, 0.5) is 0 Å². The molecule has 4 nitrogen and oxygen atoms in total. The summed E-state index contributed by atoms with van der Waals surface area (Å²) in [7, 11) is 0. The standard InChI is InChI=1S/C14H28N2O2/c1-10-8-11(2)12(3)16(9-10)7-5-6-14(4,15)13(17)18/h10-12H,5-9,15H2,1-4H3,(H,17,18). The maximum absolute atomic E-state index is 10.9. The Hall–Kier alpha value is -0.610. The maximum Gasteiger partial charge on any atom is 0.323 e. The first kappa shape index (κ1) is 15.4. The van der Waals surface area contributed by atoms with Crippen molar-refractivity contribution in [2.75, 3.05) is 13.1 Å². The molecular weight excluding hydrogens is 228 g/mol. The van der Waals surface area contributed by atoms with Gasteiger partial charge in [0.15, 0.2) is 0 Å². The zero-order valence-electron chi connectivity index (χ0n) is 12.1. The van der Waals surface area contributed by atoms with E-state index in [1.165, 1.54) is 6.42 Å². The van der Waals surface area contributed by atoms with Crippen LogP contribution in [0.2, 0.25) is 0 Å². The number of piperidine rings is 1.